The third-order valence-electron chi connectivity index (χ3n) is 3.52. The van der Waals surface area contributed by atoms with Gasteiger partial charge in [-0.05, 0) is 37.6 Å². The van der Waals surface area contributed by atoms with Gasteiger partial charge < -0.3 is 5.32 Å². The van der Waals surface area contributed by atoms with Crippen LogP contribution in [-0.2, 0) is 14.4 Å². The second-order valence-corrected chi connectivity index (χ2v) is 5.22. The Morgan fingerprint density at radius 3 is 2.23 bits per heavy atom. The molecule has 6 nitrogen and oxygen atoms in total. The molecule has 3 amide bonds. The van der Waals surface area contributed by atoms with Crippen molar-refractivity contribution < 1.29 is 19.2 Å². The molecule has 0 aromatic heterocycles. The van der Waals surface area contributed by atoms with Gasteiger partial charge in [0.15, 0.2) is 5.78 Å². The SMILES string of the molecule is CC(=O)c1ccc(NC(=O)CCCN2C(=O)CCC2=O)cc1. The summed E-state index contributed by atoms with van der Waals surface area (Å²) in [6.07, 6.45) is 1.21. The van der Waals surface area contributed by atoms with Crippen LogP contribution >= 0.6 is 0 Å². The molecule has 1 heterocycles. The number of rotatable bonds is 6. The van der Waals surface area contributed by atoms with Crippen LogP contribution in [0.25, 0.3) is 0 Å². The molecule has 0 radical (unpaired) electrons. The number of hydrogen-bond donors (Lipinski definition) is 1. The molecular formula is C16H18N2O4. The lowest BCUT2D eigenvalue weighted by Crippen LogP contribution is -2.30. The van der Waals surface area contributed by atoms with Crippen LogP contribution in [0.1, 0.15) is 43.0 Å². The number of carbonyl (C=O) groups is 4. The van der Waals surface area contributed by atoms with Crippen molar-refractivity contribution in [2.75, 3.05) is 11.9 Å². The highest BCUT2D eigenvalue weighted by molar-refractivity contribution is 6.02. The zero-order valence-corrected chi connectivity index (χ0v) is 12.4. The summed E-state index contributed by atoms with van der Waals surface area (Å²) in [7, 11) is 0. The van der Waals surface area contributed by atoms with Crippen molar-refractivity contribution in [3.8, 4) is 0 Å². The lowest BCUT2D eigenvalue weighted by atomic mass is 10.1. The summed E-state index contributed by atoms with van der Waals surface area (Å²) < 4.78 is 0. The quantitative estimate of drug-likeness (QED) is 0.641. The van der Waals surface area contributed by atoms with E-state index in [1.54, 1.807) is 24.3 Å². The predicted molar refractivity (Wildman–Crippen MR) is 80.3 cm³/mol. The van der Waals surface area contributed by atoms with Gasteiger partial charge in [-0.15, -0.1) is 0 Å². The van der Waals surface area contributed by atoms with Crippen molar-refractivity contribution in [3.63, 3.8) is 0 Å². The molecule has 6 heteroatoms. The van der Waals surface area contributed by atoms with Gasteiger partial charge in [-0.2, -0.15) is 0 Å². The first-order valence-corrected chi connectivity index (χ1v) is 7.21. The molecule has 0 aliphatic carbocycles. The average molecular weight is 302 g/mol. The highest BCUT2D eigenvalue weighted by Gasteiger charge is 2.28. The van der Waals surface area contributed by atoms with E-state index in [1.165, 1.54) is 11.8 Å². The maximum atomic E-state index is 11.8. The minimum absolute atomic E-state index is 0.0298. The monoisotopic (exact) mass is 302 g/mol. The first kappa shape index (κ1) is 15.9. The fraction of sp³-hybridized carbons (Fsp3) is 0.375. The lowest BCUT2D eigenvalue weighted by molar-refractivity contribution is -0.138. The summed E-state index contributed by atoms with van der Waals surface area (Å²) in [5, 5.41) is 2.72. The second kappa shape index (κ2) is 6.98. The van der Waals surface area contributed by atoms with Crippen LogP contribution in [0.2, 0.25) is 0 Å². The molecule has 22 heavy (non-hydrogen) atoms. The molecule has 116 valence electrons. The van der Waals surface area contributed by atoms with Crippen LogP contribution < -0.4 is 5.32 Å². The van der Waals surface area contributed by atoms with E-state index in [4.69, 9.17) is 0 Å². The number of anilines is 1. The molecule has 1 aliphatic rings. The Morgan fingerprint density at radius 2 is 1.68 bits per heavy atom. The number of Topliss-reactive ketones (excluding diaryl/α,β-unsaturated/α-hetero) is 1. The maximum absolute atomic E-state index is 11.8. The Balaban J connectivity index is 1.77. The maximum Gasteiger partial charge on any atom is 0.229 e. The molecular weight excluding hydrogens is 284 g/mol. The van der Waals surface area contributed by atoms with E-state index in [0.29, 0.717) is 17.7 Å². The molecule has 1 N–H and O–H groups in total. The van der Waals surface area contributed by atoms with Crippen LogP contribution in [0.5, 0.6) is 0 Å². The summed E-state index contributed by atoms with van der Waals surface area (Å²) in [6, 6.07) is 6.64. The van der Waals surface area contributed by atoms with Gasteiger partial charge >= 0.3 is 0 Å². The van der Waals surface area contributed by atoms with E-state index in [1.807, 2.05) is 0 Å². The van der Waals surface area contributed by atoms with E-state index in [0.717, 1.165) is 0 Å². The van der Waals surface area contributed by atoms with Gasteiger partial charge in [-0.3, -0.25) is 24.1 Å². The standard InChI is InChI=1S/C16H18N2O4/c1-11(19)12-4-6-13(7-5-12)17-14(20)3-2-10-18-15(21)8-9-16(18)22/h4-7H,2-3,8-10H2,1H3,(H,17,20). The summed E-state index contributed by atoms with van der Waals surface area (Å²) in [5.41, 5.74) is 1.20. The topological polar surface area (TPSA) is 83.6 Å². The Bertz CT molecular complexity index is 591. The largest absolute Gasteiger partial charge is 0.326 e. The average Bonchev–Trinajstić information content (AvgIpc) is 2.79. The summed E-state index contributed by atoms with van der Waals surface area (Å²) >= 11 is 0. The first-order valence-electron chi connectivity index (χ1n) is 7.21. The summed E-state index contributed by atoms with van der Waals surface area (Å²) in [4.78, 5) is 47.0. The Labute approximate surface area is 128 Å². The summed E-state index contributed by atoms with van der Waals surface area (Å²) in [5.74, 6) is -0.539. The number of ketones is 1. The first-order chi connectivity index (χ1) is 10.5. The molecule has 1 aromatic rings. The van der Waals surface area contributed by atoms with Crippen LogP contribution in [0.15, 0.2) is 24.3 Å². The molecule has 0 spiro atoms. The fourth-order valence-electron chi connectivity index (χ4n) is 2.28. The van der Waals surface area contributed by atoms with E-state index >= 15 is 0 Å². The van der Waals surface area contributed by atoms with E-state index < -0.39 is 0 Å². The smallest absolute Gasteiger partial charge is 0.229 e. The third-order valence-corrected chi connectivity index (χ3v) is 3.52. The number of imide groups is 1. The molecule has 1 saturated heterocycles. The van der Waals surface area contributed by atoms with Gasteiger partial charge in [0, 0.05) is 37.1 Å². The van der Waals surface area contributed by atoms with Crippen molar-refractivity contribution >= 4 is 29.2 Å². The van der Waals surface area contributed by atoms with Gasteiger partial charge in [-0.25, -0.2) is 0 Å². The van der Waals surface area contributed by atoms with Gasteiger partial charge in [0.2, 0.25) is 17.7 Å². The van der Waals surface area contributed by atoms with Gasteiger partial charge in [0.05, 0.1) is 0 Å². The van der Waals surface area contributed by atoms with Crippen molar-refractivity contribution in [1.29, 1.82) is 0 Å². The van der Waals surface area contributed by atoms with Crippen LogP contribution in [0.4, 0.5) is 5.69 Å². The van der Waals surface area contributed by atoms with Gasteiger partial charge in [-0.1, -0.05) is 0 Å². The lowest BCUT2D eigenvalue weighted by Gasteiger charge is -2.13. The molecule has 0 unspecified atom stereocenters. The van der Waals surface area contributed by atoms with Gasteiger partial charge in [0.25, 0.3) is 0 Å². The fourth-order valence-corrected chi connectivity index (χ4v) is 2.28. The third kappa shape index (κ3) is 4.00. The Hall–Kier alpha value is -2.50. The zero-order valence-electron chi connectivity index (χ0n) is 12.4. The number of amides is 3. The number of hydrogen-bond acceptors (Lipinski definition) is 4. The van der Waals surface area contributed by atoms with Crippen LogP contribution in [0.3, 0.4) is 0 Å². The van der Waals surface area contributed by atoms with E-state index in [-0.39, 0.29) is 49.3 Å². The number of nitrogens with one attached hydrogen (secondary N) is 1. The van der Waals surface area contributed by atoms with Crippen molar-refractivity contribution in [2.24, 2.45) is 0 Å². The molecule has 1 fully saturated rings. The number of nitrogens with zero attached hydrogens (tertiary/aromatic N) is 1. The molecule has 0 bridgehead atoms. The predicted octanol–water partition coefficient (Wildman–Crippen LogP) is 1.76. The molecule has 0 atom stereocenters. The Kier molecular flexibility index (Phi) is 5.04. The van der Waals surface area contributed by atoms with E-state index in [9.17, 15) is 19.2 Å². The van der Waals surface area contributed by atoms with Gasteiger partial charge in [0.1, 0.15) is 0 Å². The molecule has 1 aromatic carbocycles. The molecule has 1 aliphatic heterocycles. The normalized spacial score (nSPS) is 14.3. The molecule has 2 rings (SSSR count). The van der Waals surface area contributed by atoms with Crippen LogP contribution in [-0.4, -0.2) is 34.9 Å². The van der Waals surface area contributed by atoms with Crippen molar-refractivity contribution in [1.82, 2.24) is 4.90 Å². The molecule has 0 saturated carbocycles. The highest BCUT2D eigenvalue weighted by Crippen LogP contribution is 2.13. The van der Waals surface area contributed by atoms with E-state index in [2.05, 4.69) is 5.32 Å². The highest BCUT2D eigenvalue weighted by atomic mass is 16.2. The van der Waals surface area contributed by atoms with Crippen LogP contribution in [0, 0.1) is 0 Å². The minimum atomic E-state index is -0.185. The Morgan fingerprint density at radius 1 is 1.09 bits per heavy atom. The van der Waals surface area contributed by atoms with Crippen molar-refractivity contribution in [2.45, 2.75) is 32.6 Å². The van der Waals surface area contributed by atoms with Crippen molar-refractivity contribution in [3.05, 3.63) is 29.8 Å². The zero-order chi connectivity index (χ0) is 16.1. The number of likely N-dealkylation sites (tertiary alicyclic amines) is 1. The minimum Gasteiger partial charge on any atom is -0.326 e. The second-order valence-electron chi connectivity index (χ2n) is 5.22. The summed E-state index contributed by atoms with van der Waals surface area (Å²) in [6.45, 7) is 1.77. The number of benzene rings is 1. The number of carbonyl (C=O) groups excluding carboxylic acids is 4.